The minimum atomic E-state index is -0.982. The molecule has 0 spiro atoms. The number of nitrogens with zero attached hydrogens (tertiary/aromatic N) is 1. The van der Waals surface area contributed by atoms with Crippen LogP contribution in [0.4, 0.5) is 4.79 Å². The van der Waals surface area contributed by atoms with Crippen molar-refractivity contribution in [1.82, 2.24) is 20.9 Å². The van der Waals surface area contributed by atoms with Crippen LogP contribution in [0.3, 0.4) is 0 Å². The van der Waals surface area contributed by atoms with Gasteiger partial charge < -0.3 is 25.6 Å². The Kier molecular flexibility index (Phi) is 8.96. The zero-order chi connectivity index (χ0) is 27.4. The summed E-state index contributed by atoms with van der Waals surface area (Å²) in [6.45, 7) is 12.4. The number of amides is 4. The molecule has 37 heavy (non-hydrogen) atoms. The summed E-state index contributed by atoms with van der Waals surface area (Å²) in [4.78, 5) is 54.5. The number of nitrogens with one attached hydrogen (secondary N) is 3. The second-order valence-corrected chi connectivity index (χ2v) is 13.0. The standard InChI is InChI=1S/C28H46N4O5/c1-26(2,3)18-29-24(35)28-17-19(28)13-10-8-7-9-11-14-20(30-25(36)37-27(4,5)6)23(34)32-16-12-15-21(32)22(33)31-28/h10,13,19-21H,7-9,11-12,14-18H2,1-6H3,(H,29,35)(H,30,36)(H,31,33)/b13-10-/t19-,20-,21-,28+/m0/s1. The average Bonchev–Trinajstić information content (AvgIpc) is 3.23. The van der Waals surface area contributed by atoms with Gasteiger partial charge in [0.25, 0.3) is 0 Å². The Bertz CT molecular complexity index is 903. The van der Waals surface area contributed by atoms with E-state index in [1.807, 2.05) is 20.8 Å². The van der Waals surface area contributed by atoms with Crippen molar-refractivity contribution in [3.8, 4) is 0 Å². The molecule has 1 saturated heterocycles. The van der Waals surface area contributed by atoms with Gasteiger partial charge in [0.1, 0.15) is 23.2 Å². The van der Waals surface area contributed by atoms with E-state index >= 15 is 0 Å². The van der Waals surface area contributed by atoms with Crippen LogP contribution in [0.15, 0.2) is 12.2 Å². The first kappa shape index (κ1) is 29.0. The molecule has 2 fully saturated rings. The van der Waals surface area contributed by atoms with Gasteiger partial charge in [-0.05, 0) is 64.7 Å². The molecule has 2 heterocycles. The average molecular weight is 519 g/mol. The predicted molar refractivity (Wildman–Crippen MR) is 142 cm³/mol. The third-order valence-electron chi connectivity index (χ3n) is 7.11. The van der Waals surface area contributed by atoms with E-state index in [-0.39, 0.29) is 29.1 Å². The lowest BCUT2D eigenvalue weighted by Crippen LogP contribution is -2.58. The van der Waals surface area contributed by atoms with Crippen molar-refractivity contribution in [2.75, 3.05) is 13.1 Å². The van der Waals surface area contributed by atoms with Crippen molar-refractivity contribution in [2.45, 2.75) is 116 Å². The van der Waals surface area contributed by atoms with Gasteiger partial charge in [-0.25, -0.2) is 4.79 Å². The first-order valence-corrected chi connectivity index (χ1v) is 13.8. The van der Waals surface area contributed by atoms with E-state index in [2.05, 4.69) is 28.1 Å². The van der Waals surface area contributed by atoms with Crippen LogP contribution in [-0.2, 0) is 19.1 Å². The second kappa shape index (κ2) is 11.4. The van der Waals surface area contributed by atoms with E-state index in [0.29, 0.717) is 38.8 Å². The summed E-state index contributed by atoms with van der Waals surface area (Å²) in [5, 5.41) is 8.83. The van der Waals surface area contributed by atoms with Gasteiger partial charge in [-0.1, -0.05) is 45.8 Å². The molecule has 9 nitrogen and oxygen atoms in total. The van der Waals surface area contributed by atoms with Crippen molar-refractivity contribution in [3.05, 3.63) is 12.2 Å². The van der Waals surface area contributed by atoms with E-state index in [1.165, 1.54) is 0 Å². The van der Waals surface area contributed by atoms with E-state index in [0.717, 1.165) is 25.7 Å². The van der Waals surface area contributed by atoms with Crippen molar-refractivity contribution >= 4 is 23.8 Å². The van der Waals surface area contributed by atoms with Crippen molar-refractivity contribution in [2.24, 2.45) is 11.3 Å². The van der Waals surface area contributed by atoms with E-state index < -0.39 is 29.3 Å². The van der Waals surface area contributed by atoms with Gasteiger partial charge in [-0.3, -0.25) is 14.4 Å². The fraction of sp³-hybridized carbons (Fsp3) is 0.786. The summed E-state index contributed by atoms with van der Waals surface area (Å²) >= 11 is 0. The maximum Gasteiger partial charge on any atom is 0.408 e. The summed E-state index contributed by atoms with van der Waals surface area (Å²) in [5.41, 5.74) is -1.75. The molecule has 3 aliphatic rings. The molecule has 4 amide bonds. The molecule has 9 heteroatoms. The number of hydrogen-bond acceptors (Lipinski definition) is 5. The molecule has 0 radical (unpaired) electrons. The highest BCUT2D eigenvalue weighted by Crippen LogP contribution is 2.45. The maximum atomic E-state index is 13.6. The van der Waals surface area contributed by atoms with Crippen LogP contribution in [-0.4, -0.2) is 65.0 Å². The Morgan fingerprint density at radius 1 is 1.08 bits per heavy atom. The van der Waals surface area contributed by atoms with Crippen LogP contribution in [0.5, 0.6) is 0 Å². The molecule has 0 aromatic carbocycles. The summed E-state index contributed by atoms with van der Waals surface area (Å²) in [5.74, 6) is -0.808. The molecule has 0 aromatic heterocycles. The van der Waals surface area contributed by atoms with Gasteiger partial charge in [0, 0.05) is 19.0 Å². The maximum absolute atomic E-state index is 13.6. The van der Waals surface area contributed by atoms with Gasteiger partial charge in [0.15, 0.2) is 0 Å². The highest BCUT2D eigenvalue weighted by molar-refractivity contribution is 5.98. The molecule has 1 aliphatic carbocycles. The third-order valence-corrected chi connectivity index (χ3v) is 7.11. The number of carbonyl (C=O) groups is 4. The predicted octanol–water partition coefficient (Wildman–Crippen LogP) is 3.43. The van der Waals surface area contributed by atoms with Crippen molar-refractivity contribution in [1.29, 1.82) is 0 Å². The minimum Gasteiger partial charge on any atom is -0.444 e. The van der Waals surface area contributed by atoms with Crippen molar-refractivity contribution < 1.29 is 23.9 Å². The number of alkyl carbamates (subject to hydrolysis) is 1. The summed E-state index contributed by atoms with van der Waals surface area (Å²) in [6.07, 6.45) is 9.24. The molecule has 0 bridgehead atoms. The quantitative estimate of drug-likeness (QED) is 0.495. The Balaban J connectivity index is 1.80. The molecular weight excluding hydrogens is 472 g/mol. The third kappa shape index (κ3) is 7.95. The van der Waals surface area contributed by atoms with Crippen LogP contribution in [0.25, 0.3) is 0 Å². The number of carbonyl (C=O) groups excluding carboxylic acids is 4. The largest absolute Gasteiger partial charge is 0.444 e. The van der Waals surface area contributed by atoms with E-state index in [9.17, 15) is 19.2 Å². The molecule has 208 valence electrons. The number of fused-ring (bicyclic) bond motifs is 2. The van der Waals surface area contributed by atoms with Gasteiger partial charge in [0.05, 0.1) is 0 Å². The molecule has 4 atom stereocenters. The van der Waals surface area contributed by atoms with Crippen LogP contribution >= 0.6 is 0 Å². The van der Waals surface area contributed by atoms with Crippen LogP contribution < -0.4 is 16.0 Å². The Morgan fingerprint density at radius 3 is 2.49 bits per heavy atom. The molecule has 1 saturated carbocycles. The summed E-state index contributed by atoms with van der Waals surface area (Å²) < 4.78 is 5.40. The highest BCUT2D eigenvalue weighted by Gasteiger charge is 2.60. The first-order chi connectivity index (χ1) is 17.2. The van der Waals surface area contributed by atoms with Crippen LogP contribution in [0.2, 0.25) is 0 Å². The summed E-state index contributed by atoms with van der Waals surface area (Å²) in [7, 11) is 0. The minimum absolute atomic E-state index is 0.0614. The van der Waals surface area contributed by atoms with Gasteiger partial charge in [0.2, 0.25) is 17.7 Å². The smallest absolute Gasteiger partial charge is 0.408 e. The molecule has 3 N–H and O–H groups in total. The van der Waals surface area contributed by atoms with Crippen LogP contribution in [0, 0.1) is 11.3 Å². The number of rotatable bonds is 3. The Hall–Kier alpha value is -2.58. The highest BCUT2D eigenvalue weighted by atomic mass is 16.6. The fourth-order valence-corrected chi connectivity index (χ4v) is 5.05. The number of hydrogen-bond donors (Lipinski definition) is 3. The SMILES string of the molecule is CC(C)(C)CNC(=O)[C@@]12C[C@@H]1/C=C\CCCCC[C@H](NC(=O)OC(C)(C)C)C(=O)N1CCC[C@H]1C(=O)N2. The summed E-state index contributed by atoms with van der Waals surface area (Å²) in [6, 6.07) is -1.43. The zero-order valence-corrected chi connectivity index (χ0v) is 23.4. The lowest BCUT2D eigenvalue weighted by atomic mass is 9.96. The van der Waals surface area contributed by atoms with Crippen molar-refractivity contribution in [3.63, 3.8) is 0 Å². The van der Waals surface area contributed by atoms with Crippen LogP contribution in [0.1, 0.15) is 92.9 Å². The van der Waals surface area contributed by atoms with E-state index in [1.54, 1.807) is 25.7 Å². The monoisotopic (exact) mass is 518 g/mol. The number of ether oxygens (including phenoxy) is 1. The van der Waals surface area contributed by atoms with Gasteiger partial charge >= 0.3 is 6.09 Å². The second-order valence-electron chi connectivity index (χ2n) is 13.0. The lowest BCUT2D eigenvalue weighted by Gasteiger charge is -2.31. The Labute approximate surface area is 221 Å². The number of allylic oxidation sites excluding steroid dienone is 1. The molecule has 0 aromatic rings. The normalized spacial score (nSPS) is 30.1. The van der Waals surface area contributed by atoms with Gasteiger partial charge in [-0.15, -0.1) is 0 Å². The molecule has 2 aliphatic heterocycles. The molecule has 3 rings (SSSR count). The zero-order valence-electron chi connectivity index (χ0n) is 23.4. The van der Waals surface area contributed by atoms with Gasteiger partial charge in [-0.2, -0.15) is 0 Å². The Morgan fingerprint density at radius 2 is 1.81 bits per heavy atom. The van der Waals surface area contributed by atoms with E-state index in [4.69, 9.17) is 4.74 Å². The molecular formula is C28H46N4O5. The fourth-order valence-electron chi connectivity index (χ4n) is 5.05. The first-order valence-electron chi connectivity index (χ1n) is 13.8. The topological polar surface area (TPSA) is 117 Å². The molecule has 0 unspecified atom stereocenters. The lowest BCUT2D eigenvalue weighted by molar-refractivity contribution is -0.141.